The van der Waals surface area contributed by atoms with Crippen molar-refractivity contribution >= 4 is 5.69 Å². The highest BCUT2D eigenvalue weighted by Gasteiger charge is 1.99. The van der Waals surface area contributed by atoms with Crippen molar-refractivity contribution in [3.05, 3.63) is 23.8 Å². The summed E-state index contributed by atoms with van der Waals surface area (Å²) in [6.45, 7) is 3.42. The van der Waals surface area contributed by atoms with Gasteiger partial charge in [-0.05, 0) is 31.7 Å². The monoisotopic (exact) mass is 180 g/mol. The molecule has 0 atom stereocenters. The van der Waals surface area contributed by atoms with E-state index in [4.69, 9.17) is 10.5 Å². The average Bonchev–Trinajstić information content (AvgIpc) is 2.10. The molecule has 1 aromatic carbocycles. The molecule has 1 aromatic rings. The predicted molar refractivity (Wildman–Crippen MR) is 54.8 cm³/mol. The van der Waals surface area contributed by atoms with Gasteiger partial charge in [-0.1, -0.05) is 6.07 Å². The van der Waals surface area contributed by atoms with Crippen LogP contribution in [-0.2, 0) is 6.54 Å². The Morgan fingerprint density at radius 3 is 2.77 bits per heavy atom. The minimum absolute atomic E-state index is 0.648. The topological polar surface area (TPSA) is 47.3 Å². The maximum absolute atomic E-state index is 5.78. The van der Waals surface area contributed by atoms with Crippen molar-refractivity contribution in [2.45, 2.75) is 13.5 Å². The van der Waals surface area contributed by atoms with Crippen molar-refractivity contribution in [2.75, 3.05) is 19.4 Å². The maximum Gasteiger partial charge on any atom is 0.142 e. The Hall–Kier alpha value is -1.22. The fourth-order valence-electron chi connectivity index (χ4n) is 1.20. The fraction of sp³-hybridized carbons (Fsp3) is 0.400. The predicted octanol–water partition coefficient (Wildman–Crippen LogP) is 1.39. The van der Waals surface area contributed by atoms with Gasteiger partial charge in [-0.3, -0.25) is 0 Å². The highest BCUT2D eigenvalue weighted by atomic mass is 16.5. The molecule has 0 spiro atoms. The summed E-state index contributed by atoms with van der Waals surface area (Å²) >= 11 is 0. The van der Waals surface area contributed by atoms with Crippen LogP contribution in [0.15, 0.2) is 18.2 Å². The molecule has 0 amide bonds. The quantitative estimate of drug-likeness (QED) is 0.688. The first-order chi connectivity index (χ1) is 6.27. The molecular formula is C10H16N2O. The Bertz CT molecular complexity index is 274. The lowest BCUT2D eigenvalue weighted by Crippen LogP contribution is -2.06. The van der Waals surface area contributed by atoms with Gasteiger partial charge in [0.05, 0.1) is 12.3 Å². The molecule has 0 saturated carbocycles. The lowest BCUT2D eigenvalue weighted by Gasteiger charge is -2.08. The molecule has 0 saturated heterocycles. The summed E-state index contributed by atoms with van der Waals surface area (Å²) in [7, 11) is 1.91. The molecule has 0 unspecified atom stereocenters. The van der Waals surface area contributed by atoms with Gasteiger partial charge in [-0.2, -0.15) is 0 Å². The molecule has 3 nitrogen and oxygen atoms in total. The van der Waals surface area contributed by atoms with E-state index < -0.39 is 0 Å². The van der Waals surface area contributed by atoms with Gasteiger partial charge in [0, 0.05) is 6.54 Å². The van der Waals surface area contributed by atoms with Gasteiger partial charge in [0.1, 0.15) is 5.75 Å². The minimum Gasteiger partial charge on any atom is -0.492 e. The fourth-order valence-corrected chi connectivity index (χ4v) is 1.20. The third-order valence-corrected chi connectivity index (χ3v) is 1.75. The Kier molecular flexibility index (Phi) is 3.58. The number of hydrogen-bond donors (Lipinski definition) is 2. The first-order valence-electron chi connectivity index (χ1n) is 4.43. The minimum atomic E-state index is 0.648. The van der Waals surface area contributed by atoms with Crippen molar-refractivity contribution in [1.82, 2.24) is 5.32 Å². The van der Waals surface area contributed by atoms with Crippen LogP contribution in [0.1, 0.15) is 12.5 Å². The third-order valence-electron chi connectivity index (χ3n) is 1.75. The molecule has 0 heterocycles. The van der Waals surface area contributed by atoms with Gasteiger partial charge in [0.2, 0.25) is 0 Å². The molecule has 0 aliphatic rings. The molecular weight excluding hydrogens is 164 g/mol. The summed E-state index contributed by atoms with van der Waals surface area (Å²) in [6, 6.07) is 5.85. The summed E-state index contributed by atoms with van der Waals surface area (Å²) in [5, 5.41) is 3.07. The standard InChI is InChI=1S/C10H16N2O/c1-3-13-10-5-4-8(7-12-2)6-9(10)11/h4-6,12H,3,7,11H2,1-2H3. The largest absolute Gasteiger partial charge is 0.492 e. The lowest BCUT2D eigenvalue weighted by molar-refractivity contribution is 0.342. The molecule has 0 aromatic heterocycles. The number of ether oxygens (including phenoxy) is 1. The van der Waals surface area contributed by atoms with Gasteiger partial charge in [-0.15, -0.1) is 0 Å². The van der Waals surface area contributed by atoms with Crippen LogP contribution < -0.4 is 15.8 Å². The summed E-state index contributed by atoms with van der Waals surface area (Å²) in [4.78, 5) is 0. The molecule has 3 heteroatoms. The zero-order valence-corrected chi connectivity index (χ0v) is 8.13. The summed E-state index contributed by atoms with van der Waals surface area (Å²) in [5.41, 5.74) is 7.66. The van der Waals surface area contributed by atoms with Crippen molar-refractivity contribution < 1.29 is 4.74 Å². The van der Waals surface area contributed by atoms with Crippen molar-refractivity contribution in [3.8, 4) is 5.75 Å². The zero-order chi connectivity index (χ0) is 9.68. The summed E-state index contributed by atoms with van der Waals surface area (Å²) in [6.07, 6.45) is 0. The number of hydrogen-bond acceptors (Lipinski definition) is 3. The van der Waals surface area contributed by atoms with Crippen LogP contribution in [-0.4, -0.2) is 13.7 Å². The average molecular weight is 180 g/mol. The number of rotatable bonds is 4. The van der Waals surface area contributed by atoms with Gasteiger partial charge >= 0.3 is 0 Å². The highest BCUT2D eigenvalue weighted by Crippen LogP contribution is 2.22. The summed E-state index contributed by atoms with van der Waals surface area (Å²) < 4.78 is 5.32. The van der Waals surface area contributed by atoms with E-state index in [2.05, 4.69) is 5.32 Å². The Labute approximate surface area is 78.9 Å². The van der Waals surface area contributed by atoms with Crippen LogP contribution in [0.3, 0.4) is 0 Å². The van der Waals surface area contributed by atoms with Gasteiger partial charge in [-0.25, -0.2) is 0 Å². The molecule has 0 aliphatic carbocycles. The van der Waals surface area contributed by atoms with Crippen molar-refractivity contribution in [2.24, 2.45) is 0 Å². The number of nitrogens with two attached hydrogens (primary N) is 1. The van der Waals surface area contributed by atoms with E-state index in [1.807, 2.05) is 32.2 Å². The molecule has 0 aliphatic heterocycles. The first-order valence-corrected chi connectivity index (χ1v) is 4.43. The third kappa shape index (κ3) is 2.63. The van der Waals surface area contributed by atoms with E-state index in [1.54, 1.807) is 0 Å². The number of nitrogen functional groups attached to an aromatic ring is 1. The van der Waals surface area contributed by atoms with E-state index in [-0.39, 0.29) is 0 Å². The Morgan fingerprint density at radius 2 is 2.23 bits per heavy atom. The molecule has 0 bridgehead atoms. The number of nitrogens with one attached hydrogen (secondary N) is 1. The molecule has 13 heavy (non-hydrogen) atoms. The van der Waals surface area contributed by atoms with Gasteiger partial charge in [0.25, 0.3) is 0 Å². The lowest BCUT2D eigenvalue weighted by atomic mass is 10.2. The smallest absolute Gasteiger partial charge is 0.142 e. The Balaban J connectivity index is 2.79. The van der Waals surface area contributed by atoms with Crippen LogP contribution >= 0.6 is 0 Å². The molecule has 0 radical (unpaired) electrons. The SMILES string of the molecule is CCOc1ccc(CNC)cc1N. The molecule has 72 valence electrons. The second-order valence-electron chi connectivity index (χ2n) is 2.84. The Morgan fingerprint density at radius 1 is 1.46 bits per heavy atom. The second-order valence-corrected chi connectivity index (χ2v) is 2.84. The normalized spacial score (nSPS) is 10.0. The van der Waals surface area contributed by atoms with Gasteiger partial charge in [0.15, 0.2) is 0 Å². The van der Waals surface area contributed by atoms with E-state index in [0.29, 0.717) is 12.3 Å². The molecule has 3 N–H and O–H groups in total. The molecule has 1 rings (SSSR count). The van der Waals surface area contributed by atoms with E-state index in [9.17, 15) is 0 Å². The van der Waals surface area contributed by atoms with Crippen molar-refractivity contribution in [3.63, 3.8) is 0 Å². The zero-order valence-electron chi connectivity index (χ0n) is 8.13. The van der Waals surface area contributed by atoms with E-state index in [1.165, 1.54) is 5.56 Å². The van der Waals surface area contributed by atoms with Crippen LogP contribution in [0.5, 0.6) is 5.75 Å². The summed E-state index contributed by atoms with van der Waals surface area (Å²) in [5.74, 6) is 0.766. The number of anilines is 1. The van der Waals surface area contributed by atoms with Crippen LogP contribution in [0.4, 0.5) is 5.69 Å². The van der Waals surface area contributed by atoms with Crippen LogP contribution in [0, 0.1) is 0 Å². The van der Waals surface area contributed by atoms with Crippen molar-refractivity contribution in [1.29, 1.82) is 0 Å². The highest BCUT2D eigenvalue weighted by molar-refractivity contribution is 5.54. The molecule has 0 fully saturated rings. The maximum atomic E-state index is 5.78. The van der Waals surface area contributed by atoms with E-state index >= 15 is 0 Å². The van der Waals surface area contributed by atoms with Gasteiger partial charge < -0.3 is 15.8 Å². The van der Waals surface area contributed by atoms with Crippen LogP contribution in [0.2, 0.25) is 0 Å². The second kappa shape index (κ2) is 4.72. The van der Waals surface area contributed by atoms with E-state index in [0.717, 1.165) is 12.3 Å². The number of benzene rings is 1. The first kappa shape index (κ1) is 9.86. The van der Waals surface area contributed by atoms with Crippen LogP contribution in [0.25, 0.3) is 0 Å².